The summed E-state index contributed by atoms with van der Waals surface area (Å²) in [5.74, 6) is -0.343. The first-order valence-corrected chi connectivity index (χ1v) is 9.46. The molecule has 1 saturated heterocycles. The summed E-state index contributed by atoms with van der Waals surface area (Å²) in [5.41, 5.74) is 1.89. The second-order valence-corrected chi connectivity index (χ2v) is 7.11. The molecular weight excluding hydrogens is 334 g/mol. The predicted octanol–water partition coefficient (Wildman–Crippen LogP) is 2.43. The lowest BCUT2D eigenvalue weighted by atomic mass is 10.1. The van der Waals surface area contributed by atoms with Gasteiger partial charge in [-0.15, -0.1) is 0 Å². The maximum Gasteiger partial charge on any atom is 0.252 e. The molecule has 0 bridgehead atoms. The van der Waals surface area contributed by atoms with Crippen LogP contribution in [0.3, 0.4) is 0 Å². The van der Waals surface area contributed by atoms with Gasteiger partial charge in [-0.1, -0.05) is 30.3 Å². The summed E-state index contributed by atoms with van der Waals surface area (Å²) in [5, 5.41) is 9.30. The largest absolute Gasteiger partial charge is 0.350 e. The van der Waals surface area contributed by atoms with Crippen molar-refractivity contribution in [3.05, 3.63) is 58.3 Å². The molecule has 0 spiro atoms. The molecule has 5 nitrogen and oxygen atoms in total. The Balaban J connectivity index is 1.43. The Morgan fingerprint density at radius 1 is 1.28 bits per heavy atom. The van der Waals surface area contributed by atoms with E-state index in [-0.39, 0.29) is 24.4 Å². The topological polar surface area (TPSA) is 61.4 Å². The Morgan fingerprint density at radius 2 is 2.08 bits per heavy atom. The van der Waals surface area contributed by atoms with Gasteiger partial charge >= 0.3 is 0 Å². The Hall–Kier alpha value is -2.18. The van der Waals surface area contributed by atoms with Crippen LogP contribution in [0.4, 0.5) is 0 Å². The highest BCUT2D eigenvalue weighted by Crippen LogP contribution is 2.24. The highest BCUT2D eigenvalue weighted by molar-refractivity contribution is 7.08. The van der Waals surface area contributed by atoms with Gasteiger partial charge in [0, 0.05) is 36.1 Å². The number of rotatable bonds is 6. The summed E-state index contributed by atoms with van der Waals surface area (Å²) in [6.45, 7) is 4.00. The molecule has 132 valence electrons. The smallest absolute Gasteiger partial charge is 0.252 e. The molecule has 2 unspecified atom stereocenters. The highest BCUT2D eigenvalue weighted by atomic mass is 32.1. The Morgan fingerprint density at radius 3 is 2.80 bits per heavy atom. The summed E-state index contributed by atoms with van der Waals surface area (Å²) in [7, 11) is 0. The summed E-state index contributed by atoms with van der Waals surface area (Å²) >= 11 is 1.46. The second kappa shape index (κ2) is 8.27. The number of carbonyl (C=O) groups is 2. The van der Waals surface area contributed by atoms with E-state index < -0.39 is 0 Å². The van der Waals surface area contributed by atoms with E-state index in [9.17, 15) is 9.59 Å². The minimum absolute atomic E-state index is 0.0133. The van der Waals surface area contributed by atoms with Crippen molar-refractivity contribution in [2.75, 3.05) is 19.6 Å². The van der Waals surface area contributed by atoms with E-state index in [1.807, 2.05) is 11.4 Å². The van der Waals surface area contributed by atoms with Crippen molar-refractivity contribution in [3.8, 4) is 0 Å². The van der Waals surface area contributed by atoms with Gasteiger partial charge in [-0.3, -0.25) is 14.5 Å². The molecule has 2 atom stereocenters. The maximum absolute atomic E-state index is 12.1. The lowest BCUT2D eigenvalue weighted by Gasteiger charge is -2.24. The van der Waals surface area contributed by atoms with E-state index in [1.165, 1.54) is 16.9 Å². The molecule has 6 heteroatoms. The van der Waals surface area contributed by atoms with Crippen LogP contribution in [0.2, 0.25) is 0 Å². The van der Waals surface area contributed by atoms with Crippen LogP contribution in [-0.4, -0.2) is 42.4 Å². The first-order chi connectivity index (χ1) is 12.1. The molecule has 2 amide bonds. The van der Waals surface area contributed by atoms with Gasteiger partial charge in [0.2, 0.25) is 5.91 Å². The molecule has 1 fully saturated rings. The third kappa shape index (κ3) is 4.67. The standard InChI is InChI=1S/C19H23N3O2S/c1-14(15-5-3-2-4-6-15)22-9-7-17(12-22)21-18(23)11-20-19(24)16-8-10-25-13-16/h2-6,8,10,13-14,17H,7,9,11-12H2,1H3,(H,20,24)(H,21,23). The zero-order valence-corrected chi connectivity index (χ0v) is 15.1. The average Bonchev–Trinajstić information content (AvgIpc) is 3.32. The predicted molar refractivity (Wildman–Crippen MR) is 99.6 cm³/mol. The molecule has 1 aromatic carbocycles. The van der Waals surface area contributed by atoms with Crippen LogP contribution in [0.25, 0.3) is 0 Å². The van der Waals surface area contributed by atoms with Crippen LogP contribution < -0.4 is 10.6 Å². The Labute approximate surface area is 152 Å². The number of nitrogens with one attached hydrogen (secondary N) is 2. The van der Waals surface area contributed by atoms with Crippen molar-refractivity contribution in [2.24, 2.45) is 0 Å². The minimum Gasteiger partial charge on any atom is -0.350 e. The van der Waals surface area contributed by atoms with Crippen LogP contribution >= 0.6 is 11.3 Å². The third-order valence-electron chi connectivity index (χ3n) is 4.61. The third-order valence-corrected chi connectivity index (χ3v) is 5.29. The van der Waals surface area contributed by atoms with Crippen molar-refractivity contribution in [1.82, 2.24) is 15.5 Å². The van der Waals surface area contributed by atoms with Gasteiger partial charge in [0.05, 0.1) is 6.54 Å². The van der Waals surface area contributed by atoms with E-state index >= 15 is 0 Å². The fourth-order valence-corrected chi connectivity index (χ4v) is 3.77. The molecule has 2 heterocycles. The number of carbonyl (C=O) groups excluding carboxylic acids is 2. The van der Waals surface area contributed by atoms with Crippen molar-refractivity contribution < 1.29 is 9.59 Å². The lowest BCUT2D eigenvalue weighted by molar-refractivity contribution is -0.120. The van der Waals surface area contributed by atoms with E-state index in [0.717, 1.165) is 19.5 Å². The fraction of sp³-hybridized carbons (Fsp3) is 0.368. The van der Waals surface area contributed by atoms with E-state index in [0.29, 0.717) is 11.6 Å². The van der Waals surface area contributed by atoms with E-state index in [4.69, 9.17) is 0 Å². The quantitative estimate of drug-likeness (QED) is 0.835. The molecule has 2 N–H and O–H groups in total. The summed E-state index contributed by atoms with van der Waals surface area (Å²) < 4.78 is 0. The Bertz CT molecular complexity index is 703. The molecule has 0 aliphatic carbocycles. The summed E-state index contributed by atoms with van der Waals surface area (Å²) in [4.78, 5) is 26.3. The van der Waals surface area contributed by atoms with Crippen LogP contribution in [0.5, 0.6) is 0 Å². The number of benzene rings is 1. The molecule has 2 aromatic rings. The van der Waals surface area contributed by atoms with Crippen LogP contribution in [-0.2, 0) is 4.79 Å². The fourth-order valence-electron chi connectivity index (χ4n) is 3.13. The molecule has 1 aliphatic rings. The lowest BCUT2D eigenvalue weighted by Crippen LogP contribution is -2.43. The van der Waals surface area contributed by atoms with Crippen LogP contribution in [0.15, 0.2) is 47.2 Å². The molecule has 1 aliphatic heterocycles. The number of hydrogen-bond donors (Lipinski definition) is 2. The van der Waals surface area contributed by atoms with Crippen LogP contribution in [0.1, 0.15) is 35.3 Å². The monoisotopic (exact) mass is 357 g/mol. The van der Waals surface area contributed by atoms with Gasteiger partial charge in [0.1, 0.15) is 0 Å². The van der Waals surface area contributed by atoms with Crippen molar-refractivity contribution >= 4 is 23.2 Å². The molecule has 25 heavy (non-hydrogen) atoms. The molecule has 0 saturated carbocycles. The molecule has 0 radical (unpaired) electrons. The van der Waals surface area contributed by atoms with Crippen molar-refractivity contribution in [1.29, 1.82) is 0 Å². The van der Waals surface area contributed by atoms with Gasteiger partial charge in [0.15, 0.2) is 0 Å². The van der Waals surface area contributed by atoms with Crippen molar-refractivity contribution in [3.63, 3.8) is 0 Å². The molecular formula is C19H23N3O2S. The number of likely N-dealkylation sites (tertiary alicyclic amines) is 1. The first kappa shape index (κ1) is 17.6. The number of amides is 2. The van der Waals surface area contributed by atoms with Gasteiger partial charge in [-0.25, -0.2) is 0 Å². The number of nitrogens with zero attached hydrogens (tertiary/aromatic N) is 1. The average molecular weight is 357 g/mol. The normalized spacial score (nSPS) is 18.7. The zero-order valence-electron chi connectivity index (χ0n) is 14.3. The van der Waals surface area contributed by atoms with E-state index in [2.05, 4.69) is 46.7 Å². The minimum atomic E-state index is -0.206. The van der Waals surface area contributed by atoms with Gasteiger partial charge in [-0.2, -0.15) is 11.3 Å². The van der Waals surface area contributed by atoms with Gasteiger partial charge in [0.25, 0.3) is 5.91 Å². The number of hydrogen-bond acceptors (Lipinski definition) is 4. The molecule has 3 rings (SSSR count). The summed E-state index contributed by atoms with van der Waals surface area (Å²) in [6.07, 6.45) is 0.932. The van der Waals surface area contributed by atoms with Gasteiger partial charge in [-0.05, 0) is 30.4 Å². The SMILES string of the molecule is CC(c1ccccc1)N1CCC(NC(=O)CNC(=O)c2ccsc2)C1. The number of thiophene rings is 1. The van der Waals surface area contributed by atoms with E-state index in [1.54, 1.807) is 11.4 Å². The first-order valence-electron chi connectivity index (χ1n) is 8.52. The highest BCUT2D eigenvalue weighted by Gasteiger charge is 2.27. The zero-order chi connectivity index (χ0) is 17.6. The maximum atomic E-state index is 12.1. The summed E-state index contributed by atoms with van der Waals surface area (Å²) in [6, 6.07) is 12.6. The Kier molecular flexibility index (Phi) is 5.83. The second-order valence-electron chi connectivity index (χ2n) is 6.33. The molecule has 1 aromatic heterocycles. The van der Waals surface area contributed by atoms with Gasteiger partial charge < -0.3 is 10.6 Å². The van der Waals surface area contributed by atoms with Crippen LogP contribution in [0, 0.1) is 0 Å². The van der Waals surface area contributed by atoms with Crippen molar-refractivity contribution in [2.45, 2.75) is 25.4 Å².